The molecule has 0 saturated heterocycles. The number of hydrogen-bond donors (Lipinski definition) is 1. The van der Waals surface area contributed by atoms with Gasteiger partial charge in [0.2, 0.25) is 0 Å². The molecule has 0 aliphatic heterocycles. The molecule has 14 heavy (non-hydrogen) atoms. The Hall–Kier alpha value is -0.440. The van der Waals surface area contributed by atoms with E-state index in [1.54, 1.807) is 0 Å². The highest BCUT2D eigenvalue weighted by molar-refractivity contribution is 4.94. The Morgan fingerprint density at radius 3 is 2.36 bits per heavy atom. The molecule has 0 aliphatic rings. The topological polar surface area (TPSA) is 20.2 Å². The largest absolute Gasteiger partial charge is 0.392 e. The summed E-state index contributed by atoms with van der Waals surface area (Å²) in [5.41, 5.74) is 0. The second kappa shape index (κ2) is 7.92. The van der Waals surface area contributed by atoms with Gasteiger partial charge in [-0.2, -0.15) is 0 Å². The first-order valence-electron chi connectivity index (χ1n) is 5.29. The van der Waals surface area contributed by atoms with E-state index in [0.29, 0.717) is 6.42 Å². The molecule has 3 heteroatoms. The van der Waals surface area contributed by atoms with Crippen LogP contribution in [0.5, 0.6) is 0 Å². The molecule has 0 unspecified atom stereocenters. The monoisotopic (exact) mass is 206 g/mol. The van der Waals surface area contributed by atoms with Crippen molar-refractivity contribution < 1.29 is 13.9 Å². The lowest BCUT2D eigenvalue weighted by Crippen LogP contribution is -2.11. The smallest absolute Gasteiger partial charge is 0.266 e. The Labute approximate surface area is 84.8 Å². The van der Waals surface area contributed by atoms with Crippen LogP contribution in [0.2, 0.25) is 0 Å². The third kappa shape index (κ3) is 8.17. The zero-order valence-electron chi connectivity index (χ0n) is 8.81. The number of hydrogen-bond acceptors (Lipinski definition) is 1. The number of aliphatic hydroxyl groups excluding tert-OH is 1. The molecule has 0 amide bonds. The molecule has 0 fully saturated rings. The fourth-order valence-corrected chi connectivity index (χ4v) is 1.27. The van der Waals surface area contributed by atoms with Gasteiger partial charge in [0.15, 0.2) is 0 Å². The zero-order chi connectivity index (χ0) is 10.9. The number of halogens is 2. The lowest BCUT2D eigenvalue weighted by Gasteiger charge is -2.10. The van der Waals surface area contributed by atoms with Gasteiger partial charge in [0, 0.05) is 6.42 Å². The average molecular weight is 206 g/mol. The third-order valence-electron chi connectivity index (χ3n) is 2.08. The second-order valence-electron chi connectivity index (χ2n) is 3.51. The van der Waals surface area contributed by atoms with Crippen molar-refractivity contribution in [2.75, 3.05) is 6.61 Å². The molecular weight excluding hydrogens is 186 g/mol. The van der Waals surface area contributed by atoms with E-state index in [0.717, 1.165) is 37.8 Å². The molecule has 0 rings (SSSR count). The van der Waals surface area contributed by atoms with Crippen molar-refractivity contribution in [1.29, 1.82) is 0 Å². The molecule has 0 spiro atoms. The molecule has 0 aromatic carbocycles. The highest BCUT2D eigenvalue weighted by atomic mass is 19.3. The van der Waals surface area contributed by atoms with Crippen LogP contribution in [-0.4, -0.2) is 17.6 Å². The van der Waals surface area contributed by atoms with Crippen LogP contribution in [0.1, 0.15) is 45.4 Å². The first-order chi connectivity index (χ1) is 6.62. The maximum absolute atomic E-state index is 12.9. The molecular formula is C11H20F2O. The molecule has 0 aliphatic carbocycles. The number of allylic oxidation sites excluding steroid dienone is 1. The Morgan fingerprint density at radius 1 is 1.14 bits per heavy atom. The van der Waals surface area contributed by atoms with E-state index in [1.165, 1.54) is 0 Å². The molecule has 84 valence electrons. The molecule has 0 bridgehead atoms. The summed E-state index contributed by atoms with van der Waals surface area (Å²) < 4.78 is 25.8. The fourth-order valence-electron chi connectivity index (χ4n) is 1.27. The van der Waals surface area contributed by atoms with Crippen LogP contribution in [0.3, 0.4) is 0 Å². The normalized spacial score (nSPS) is 12.6. The van der Waals surface area contributed by atoms with E-state index < -0.39 is 5.92 Å². The Balaban J connectivity index is 3.50. The highest BCUT2D eigenvalue weighted by Crippen LogP contribution is 2.23. The fraction of sp³-hybridized carbons (Fsp3) is 0.818. The number of aliphatic hydroxyl groups is 1. The summed E-state index contributed by atoms with van der Waals surface area (Å²) in [6, 6.07) is 0. The molecule has 0 aromatic rings. The van der Waals surface area contributed by atoms with Gasteiger partial charge in [0.05, 0.1) is 6.61 Å². The number of unbranched alkanes of at least 4 members (excludes halogenated alkanes) is 4. The standard InChI is InChI=1S/C11H20F2O/c1-2-3-4-5-6-8-11(12,13)9-7-10-14/h7,9,14H,2-6,8,10H2,1H3/b9-7-. The predicted molar refractivity (Wildman–Crippen MR) is 54.5 cm³/mol. The van der Waals surface area contributed by atoms with Crippen molar-refractivity contribution in [3.05, 3.63) is 12.2 Å². The van der Waals surface area contributed by atoms with Crippen LogP contribution in [0.4, 0.5) is 8.78 Å². The quantitative estimate of drug-likeness (QED) is 0.476. The third-order valence-corrected chi connectivity index (χ3v) is 2.08. The molecule has 1 N–H and O–H groups in total. The summed E-state index contributed by atoms with van der Waals surface area (Å²) in [7, 11) is 0. The van der Waals surface area contributed by atoms with Crippen LogP contribution in [0.15, 0.2) is 12.2 Å². The van der Waals surface area contributed by atoms with Gasteiger partial charge in [-0.3, -0.25) is 0 Å². The zero-order valence-corrected chi connectivity index (χ0v) is 8.81. The van der Waals surface area contributed by atoms with Gasteiger partial charge in [-0.05, 0) is 12.5 Å². The Morgan fingerprint density at radius 2 is 1.79 bits per heavy atom. The lowest BCUT2D eigenvalue weighted by molar-refractivity contribution is 0.0420. The molecule has 0 radical (unpaired) electrons. The van der Waals surface area contributed by atoms with E-state index in [4.69, 9.17) is 5.11 Å². The summed E-state index contributed by atoms with van der Waals surface area (Å²) in [4.78, 5) is 0. The van der Waals surface area contributed by atoms with Crippen molar-refractivity contribution in [1.82, 2.24) is 0 Å². The van der Waals surface area contributed by atoms with Crippen LogP contribution < -0.4 is 0 Å². The van der Waals surface area contributed by atoms with Gasteiger partial charge < -0.3 is 5.11 Å². The van der Waals surface area contributed by atoms with Crippen LogP contribution in [0, 0.1) is 0 Å². The first-order valence-corrected chi connectivity index (χ1v) is 5.29. The molecule has 0 atom stereocenters. The van der Waals surface area contributed by atoms with E-state index in [9.17, 15) is 8.78 Å². The Kier molecular flexibility index (Phi) is 7.67. The minimum atomic E-state index is -2.74. The first kappa shape index (κ1) is 13.6. The second-order valence-corrected chi connectivity index (χ2v) is 3.51. The predicted octanol–water partition coefficient (Wildman–Crippen LogP) is 3.53. The molecule has 0 heterocycles. The molecule has 1 nitrogen and oxygen atoms in total. The maximum atomic E-state index is 12.9. The SMILES string of the molecule is CCCCCCCC(F)(F)/C=C\CO. The van der Waals surface area contributed by atoms with E-state index >= 15 is 0 Å². The highest BCUT2D eigenvalue weighted by Gasteiger charge is 2.23. The molecule has 0 aromatic heterocycles. The van der Waals surface area contributed by atoms with E-state index in [-0.39, 0.29) is 13.0 Å². The minimum absolute atomic E-state index is 0.104. The number of alkyl halides is 2. The summed E-state index contributed by atoms with van der Waals surface area (Å²) >= 11 is 0. The Bertz CT molecular complexity index is 155. The average Bonchev–Trinajstić information content (AvgIpc) is 2.15. The minimum Gasteiger partial charge on any atom is -0.392 e. The van der Waals surface area contributed by atoms with Gasteiger partial charge in [-0.1, -0.05) is 38.7 Å². The van der Waals surface area contributed by atoms with Gasteiger partial charge in [-0.15, -0.1) is 0 Å². The van der Waals surface area contributed by atoms with Gasteiger partial charge in [-0.25, -0.2) is 8.78 Å². The molecule has 0 saturated carbocycles. The van der Waals surface area contributed by atoms with Crippen molar-refractivity contribution >= 4 is 0 Å². The van der Waals surface area contributed by atoms with Crippen LogP contribution in [-0.2, 0) is 0 Å². The van der Waals surface area contributed by atoms with Crippen molar-refractivity contribution in [3.8, 4) is 0 Å². The van der Waals surface area contributed by atoms with Gasteiger partial charge in [0.25, 0.3) is 5.92 Å². The lowest BCUT2D eigenvalue weighted by atomic mass is 10.1. The van der Waals surface area contributed by atoms with Gasteiger partial charge in [0.1, 0.15) is 0 Å². The van der Waals surface area contributed by atoms with Crippen molar-refractivity contribution in [2.24, 2.45) is 0 Å². The van der Waals surface area contributed by atoms with Crippen LogP contribution >= 0.6 is 0 Å². The summed E-state index contributed by atoms with van der Waals surface area (Å²) in [6.07, 6.45) is 6.51. The maximum Gasteiger partial charge on any atom is 0.266 e. The summed E-state index contributed by atoms with van der Waals surface area (Å²) in [6.45, 7) is 1.78. The summed E-state index contributed by atoms with van der Waals surface area (Å²) in [5.74, 6) is -2.74. The van der Waals surface area contributed by atoms with Crippen molar-refractivity contribution in [2.45, 2.75) is 51.4 Å². The van der Waals surface area contributed by atoms with Gasteiger partial charge >= 0.3 is 0 Å². The van der Waals surface area contributed by atoms with E-state index in [1.807, 2.05) is 0 Å². The van der Waals surface area contributed by atoms with E-state index in [2.05, 4.69) is 6.92 Å². The van der Waals surface area contributed by atoms with Crippen molar-refractivity contribution in [3.63, 3.8) is 0 Å². The summed E-state index contributed by atoms with van der Waals surface area (Å²) in [5, 5.41) is 8.35. The van der Waals surface area contributed by atoms with Crippen LogP contribution in [0.25, 0.3) is 0 Å². The number of rotatable bonds is 8.